The lowest BCUT2D eigenvalue weighted by Crippen LogP contribution is -2.54. The number of aliphatic hydroxyl groups excluding tert-OH is 5. The molecule has 0 aromatic carbocycles. The maximum absolute atomic E-state index is 11.8. The fourth-order valence-electron chi connectivity index (χ4n) is 6.98. The van der Waals surface area contributed by atoms with Crippen LogP contribution in [-0.2, 0) is 28.5 Å². The van der Waals surface area contributed by atoms with Crippen LogP contribution >= 0.6 is 0 Å². The monoisotopic (exact) mass is 859 g/mol. The zero-order chi connectivity index (χ0) is 47.2. The molecule has 2 rings (SSSR count). The number of likely N-dealkylation sites (N-methyl/N-ethyl adjacent to an activating group) is 1. The Kier molecular flexibility index (Phi) is 39.4. The molecule has 2 aliphatic heterocycles. The van der Waals surface area contributed by atoms with Crippen molar-refractivity contribution in [1.82, 2.24) is 9.80 Å². The molecule has 0 aromatic rings. The Bertz CT molecular complexity index is 984. The molecule has 2 saturated heterocycles. The van der Waals surface area contributed by atoms with Crippen LogP contribution in [0.5, 0.6) is 0 Å². The van der Waals surface area contributed by atoms with E-state index in [1.165, 1.54) is 7.11 Å². The first-order valence-electron chi connectivity index (χ1n) is 22.0. The van der Waals surface area contributed by atoms with E-state index >= 15 is 0 Å². The van der Waals surface area contributed by atoms with Crippen LogP contribution in [0.4, 0.5) is 0 Å². The van der Waals surface area contributed by atoms with Crippen LogP contribution in [0.1, 0.15) is 129 Å². The number of aliphatic carboxylic acids is 1. The highest BCUT2D eigenvalue weighted by atomic mass is 16.7. The topological polar surface area (TPSA) is 219 Å². The summed E-state index contributed by atoms with van der Waals surface area (Å²) in [5, 5.41) is 68.2. The lowest BCUT2D eigenvalue weighted by atomic mass is 9.78. The van der Waals surface area contributed by atoms with Crippen LogP contribution in [0.25, 0.3) is 0 Å². The average molecular weight is 859 g/mol. The molecule has 358 valence electrons. The van der Waals surface area contributed by atoms with Gasteiger partial charge in [-0.1, -0.05) is 69.2 Å². The van der Waals surface area contributed by atoms with E-state index in [0.717, 1.165) is 25.7 Å². The molecule has 0 aliphatic carbocycles. The van der Waals surface area contributed by atoms with E-state index in [9.17, 15) is 35.1 Å². The molecule has 0 aromatic heterocycles. The highest BCUT2D eigenvalue weighted by Crippen LogP contribution is 2.35. The van der Waals surface area contributed by atoms with Gasteiger partial charge < -0.3 is 69.3 Å². The summed E-state index contributed by atoms with van der Waals surface area (Å²) in [4.78, 5) is 25.0. The highest BCUT2D eigenvalue weighted by Gasteiger charge is 2.44. The molecule has 2 fully saturated rings. The van der Waals surface area contributed by atoms with Crippen LogP contribution in [0.3, 0.4) is 0 Å². The number of carbonyl (C=O) groups is 2. The number of carbonyl (C=O) groups excluding carboxylic acids is 1. The maximum atomic E-state index is 11.8. The molecular weight excluding hydrogens is 764 g/mol. The second kappa shape index (κ2) is 36.2. The molecule has 59 heavy (non-hydrogen) atoms. The van der Waals surface area contributed by atoms with Crippen molar-refractivity contribution in [2.75, 3.05) is 54.6 Å². The highest BCUT2D eigenvalue weighted by molar-refractivity contribution is 5.66. The molecule has 15 nitrogen and oxygen atoms in total. The normalized spacial score (nSPS) is 26.5. The number of hydrogen-bond acceptors (Lipinski definition) is 14. The molecule has 15 heteroatoms. The van der Waals surface area contributed by atoms with E-state index in [1.807, 2.05) is 95.3 Å². The second-order valence-electron chi connectivity index (χ2n) is 15.9. The third-order valence-corrected chi connectivity index (χ3v) is 10.5. The van der Waals surface area contributed by atoms with Gasteiger partial charge in [0.05, 0.1) is 61.9 Å². The Labute approximate surface area is 359 Å². The molecule has 2 heterocycles. The Hall–Kier alpha value is -1.34. The molecule has 7 N–H and O–H groups in total. The van der Waals surface area contributed by atoms with Gasteiger partial charge in [-0.25, -0.2) is 0 Å². The maximum Gasteiger partial charge on any atom is 0.305 e. The van der Waals surface area contributed by atoms with Gasteiger partial charge in [0.15, 0.2) is 6.29 Å². The largest absolute Gasteiger partial charge is 0.481 e. The van der Waals surface area contributed by atoms with Gasteiger partial charge in [0.25, 0.3) is 0 Å². The summed E-state index contributed by atoms with van der Waals surface area (Å²) in [6.07, 6.45) is -1.16. The van der Waals surface area contributed by atoms with Crippen LogP contribution in [-0.4, -0.2) is 179 Å². The van der Waals surface area contributed by atoms with Gasteiger partial charge in [0.2, 0.25) is 0 Å². The van der Waals surface area contributed by atoms with Gasteiger partial charge in [0.1, 0.15) is 12.4 Å². The number of rotatable bonds is 19. The van der Waals surface area contributed by atoms with Crippen molar-refractivity contribution in [2.24, 2.45) is 23.7 Å². The van der Waals surface area contributed by atoms with E-state index in [4.69, 9.17) is 29.2 Å². The SMILES string of the molecule is CC.CC.CC.CC1CCOC(C)[C@@H]1O.COCC(O)C(O)C(C)N(C)C[C@H](C)C[C@@](C)(O)[C@H](OC1CC(N(C)C)CC(C)O1)[C@@H](C)[C@H](O)C(C)C=O.O=C(O)CCO. The minimum Gasteiger partial charge on any atom is -0.481 e. The van der Waals surface area contributed by atoms with E-state index in [1.54, 1.807) is 20.8 Å². The molecular formula is C44H94N2O13. The Morgan fingerprint density at radius 2 is 1.49 bits per heavy atom. The molecule has 0 saturated carbocycles. The number of nitrogens with zero attached hydrogens (tertiary/aromatic N) is 2. The van der Waals surface area contributed by atoms with Gasteiger partial charge in [-0.15, -0.1) is 0 Å². The van der Waals surface area contributed by atoms with Gasteiger partial charge in [-0.3, -0.25) is 4.79 Å². The van der Waals surface area contributed by atoms with Gasteiger partial charge >= 0.3 is 5.97 Å². The summed E-state index contributed by atoms with van der Waals surface area (Å²) in [7, 11) is 7.38. The summed E-state index contributed by atoms with van der Waals surface area (Å²) < 4.78 is 22.7. The molecule has 0 radical (unpaired) electrons. The smallest absolute Gasteiger partial charge is 0.305 e. The molecule has 0 bridgehead atoms. The van der Waals surface area contributed by atoms with E-state index in [-0.39, 0.29) is 55.9 Å². The first-order valence-corrected chi connectivity index (χ1v) is 22.0. The first-order chi connectivity index (χ1) is 27.5. The molecule has 0 amide bonds. The fourth-order valence-corrected chi connectivity index (χ4v) is 6.98. The van der Waals surface area contributed by atoms with Crippen molar-refractivity contribution in [3.8, 4) is 0 Å². The zero-order valence-electron chi connectivity index (χ0n) is 40.5. The van der Waals surface area contributed by atoms with E-state index in [0.29, 0.717) is 25.3 Å². The van der Waals surface area contributed by atoms with Crippen molar-refractivity contribution < 1.29 is 64.3 Å². The second-order valence-corrected chi connectivity index (χ2v) is 15.9. The number of aldehydes is 1. The van der Waals surface area contributed by atoms with Crippen molar-refractivity contribution >= 4 is 12.3 Å². The number of carboxylic acids is 1. The summed E-state index contributed by atoms with van der Waals surface area (Å²) in [5.41, 5.74) is -1.35. The third-order valence-electron chi connectivity index (χ3n) is 10.5. The number of ether oxygens (including phenoxy) is 4. The fraction of sp³-hybridized carbons (Fsp3) is 0.955. The quantitative estimate of drug-likeness (QED) is 0.0893. The van der Waals surface area contributed by atoms with E-state index < -0.39 is 54.1 Å². The Balaban J connectivity index is -0.000000588. The molecule has 0 spiro atoms. The lowest BCUT2D eigenvalue weighted by molar-refractivity contribution is -0.266. The van der Waals surface area contributed by atoms with Crippen molar-refractivity contribution in [3.05, 3.63) is 0 Å². The van der Waals surface area contributed by atoms with Gasteiger partial charge in [-0.05, 0) is 79.9 Å². The lowest BCUT2D eigenvalue weighted by Gasteiger charge is -2.45. The number of carboxylic acid groups (broad SMARTS) is 1. The van der Waals surface area contributed by atoms with Crippen LogP contribution < -0.4 is 0 Å². The minimum absolute atomic E-state index is 0.0187. The molecule has 9 unspecified atom stereocenters. The summed E-state index contributed by atoms with van der Waals surface area (Å²) in [5.74, 6) is -1.73. The van der Waals surface area contributed by atoms with E-state index in [2.05, 4.69) is 11.8 Å². The third kappa shape index (κ3) is 26.7. The summed E-state index contributed by atoms with van der Waals surface area (Å²) in [6, 6.07) is -0.0775. The number of methoxy groups -OCH3 is 1. The first kappa shape index (κ1) is 64.3. The van der Waals surface area contributed by atoms with Crippen molar-refractivity contribution in [1.29, 1.82) is 0 Å². The van der Waals surface area contributed by atoms with Crippen molar-refractivity contribution in [2.45, 2.75) is 196 Å². The summed E-state index contributed by atoms with van der Waals surface area (Å²) in [6.45, 7) is 28.1. The standard InChI is InChI=1S/C28H56N2O8.C7H14O2.C3H6O3.3C2H6/c1-17(14-30(9)21(5)26(34)23(32)16-36-10)13-28(6,35)27(20(4)25(33)18(2)15-31)38-24-12-22(29(7)8)11-19(3)37-24;1-5-3-4-9-6(2)7(5)8;4-2-1-3(5)6;3*1-2/h15,17-27,32-35H,11-14,16H2,1-10H3;5-8H,3-4H2,1-2H3;4H,1-2H2,(H,5,6);3*1-2H3/t17-,18?,19?,20+,21?,22?,23?,24?,25-,26?,27-,28-;5?,6?,7-;;;;/m11..../s1. The van der Waals surface area contributed by atoms with Crippen LogP contribution in [0, 0.1) is 23.7 Å². The van der Waals surface area contributed by atoms with Crippen molar-refractivity contribution in [3.63, 3.8) is 0 Å². The minimum atomic E-state index is -1.35. The average Bonchev–Trinajstić information content (AvgIpc) is 3.19. The van der Waals surface area contributed by atoms with Gasteiger partial charge in [0, 0.05) is 50.6 Å². The summed E-state index contributed by atoms with van der Waals surface area (Å²) >= 11 is 0. The zero-order valence-corrected chi connectivity index (χ0v) is 40.5. The Morgan fingerprint density at radius 1 is 0.949 bits per heavy atom. The predicted octanol–water partition coefficient (Wildman–Crippen LogP) is 4.45. The number of aliphatic hydroxyl groups is 6. The van der Waals surface area contributed by atoms with Gasteiger partial charge in [-0.2, -0.15) is 0 Å². The molecule has 2 aliphatic rings. The number of hydrogen-bond donors (Lipinski definition) is 7. The van der Waals surface area contributed by atoms with Crippen LogP contribution in [0.2, 0.25) is 0 Å². The predicted molar refractivity (Wildman–Crippen MR) is 235 cm³/mol. The van der Waals surface area contributed by atoms with Crippen LogP contribution in [0.15, 0.2) is 0 Å². The molecule has 15 atom stereocenters. The Morgan fingerprint density at radius 3 is 1.90 bits per heavy atom.